The van der Waals surface area contributed by atoms with E-state index in [-0.39, 0.29) is 9.68 Å². The summed E-state index contributed by atoms with van der Waals surface area (Å²) < 4.78 is 2.57. The van der Waals surface area contributed by atoms with Crippen LogP contribution in [0.25, 0.3) is 0 Å². The highest BCUT2D eigenvalue weighted by Gasteiger charge is 2.09. The zero-order chi connectivity index (χ0) is 9.68. The third-order valence-electron chi connectivity index (χ3n) is 2.55. The fourth-order valence-corrected chi connectivity index (χ4v) is 3.05. The summed E-state index contributed by atoms with van der Waals surface area (Å²) in [6.45, 7) is 6.91. The Morgan fingerprint density at radius 3 is 2.38 bits per heavy atom. The van der Waals surface area contributed by atoms with Gasteiger partial charge in [-0.3, -0.25) is 0 Å². The Labute approximate surface area is 83.7 Å². The molecule has 0 heterocycles. The Hall–Kier alpha value is -0.763. The normalized spacial score (nSPS) is 13.5. The van der Waals surface area contributed by atoms with Crippen LogP contribution in [0.5, 0.6) is 0 Å². The summed E-state index contributed by atoms with van der Waals surface area (Å²) in [6, 6.07) is 11.4. The van der Waals surface area contributed by atoms with E-state index in [0.29, 0.717) is 6.04 Å². The number of anilines is 1. The van der Waals surface area contributed by atoms with Gasteiger partial charge in [-0.05, 0) is 25.5 Å². The van der Waals surface area contributed by atoms with E-state index in [1.165, 1.54) is 12.1 Å². The van der Waals surface area contributed by atoms with E-state index in [9.17, 15) is 0 Å². The molecule has 1 aromatic carbocycles. The molecule has 1 rings (SSSR count). The molecule has 0 saturated carbocycles. The molecule has 72 valence electrons. The number of nitrogens with zero attached hydrogens (tertiary/aromatic N) is 1. The molecule has 1 aromatic rings. The second-order valence-corrected chi connectivity index (χ2v) is 4.69. The zero-order valence-corrected chi connectivity index (χ0v) is 10.2. The zero-order valence-electron chi connectivity index (χ0n) is 8.83. The van der Waals surface area contributed by atoms with Gasteiger partial charge in [-0.1, -0.05) is 31.7 Å². The molecule has 0 aliphatic rings. The van der Waals surface area contributed by atoms with Crippen LogP contribution in [0.15, 0.2) is 30.3 Å². The standard InChI is InChI=1S/C11H19NSi/c1-4-10(2)12(13-3)11-8-6-5-7-9-11/h5-10H,4,13H2,1-3H3. The maximum Gasteiger partial charge on any atom is 0.121 e. The van der Waals surface area contributed by atoms with Crippen LogP contribution in [-0.2, 0) is 0 Å². The van der Waals surface area contributed by atoms with Gasteiger partial charge in [0, 0.05) is 11.7 Å². The second-order valence-electron chi connectivity index (χ2n) is 3.38. The van der Waals surface area contributed by atoms with Gasteiger partial charge in [-0.15, -0.1) is 0 Å². The molecule has 0 aliphatic carbocycles. The topological polar surface area (TPSA) is 3.24 Å². The van der Waals surface area contributed by atoms with Crippen LogP contribution in [0.3, 0.4) is 0 Å². The summed E-state index contributed by atoms with van der Waals surface area (Å²) >= 11 is 0. The van der Waals surface area contributed by atoms with E-state index in [4.69, 9.17) is 0 Å². The Morgan fingerprint density at radius 2 is 1.92 bits per heavy atom. The quantitative estimate of drug-likeness (QED) is 0.664. The minimum Gasteiger partial charge on any atom is -0.401 e. The van der Waals surface area contributed by atoms with Crippen molar-refractivity contribution in [1.29, 1.82) is 0 Å². The van der Waals surface area contributed by atoms with Crippen LogP contribution in [0.2, 0.25) is 6.55 Å². The molecule has 1 unspecified atom stereocenters. The summed E-state index contributed by atoms with van der Waals surface area (Å²) in [5, 5.41) is 0. The van der Waals surface area contributed by atoms with Crippen molar-refractivity contribution in [3.05, 3.63) is 30.3 Å². The average Bonchev–Trinajstić information content (AvgIpc) is 2.20. The van der Waals surface area contributed by atoms with Crippen molar-refractivity contribution in [3.8, 4) is 0 Å². The van der Waals surface area contributed by atoms with Crippen molar-refractivity contribution >= 4 is 15.4 Å². The Kier molecular flexibility index (Phi) is 4.03. The molecule has 0 aliphatic heterocycles. The third-order valence-corrected chi connectivity index (χ3v) is 4.22. The first-order valence-electron chi connectivity index (χ1n) is 5.11. The van der Waals surface area contributed by atoms with Crippen LogP contribution in [0.4, 0.5) is 5.69 Å². The van der Waals surface area contributed by atoms with Crippen LogP contribution >= 0.6 is 0 Å². The van der Waals surface area contributed by atoms with E-state index in [0.717, 1.165) is 0 Å². The van der Waals surface area contributed by atoms with E-state index >= 15 is 0 Å². The van der Waals surface area contributed by atoms with E-state index in [1.807, 2.05) is 0 Å². The molecule has 2 heteroatoms. The lowest BCUT2D eigenvalue weighted by Crippen LogP contribution is -2.34. The largest absolute Gasteiger partial charge is 0.401 e. The summed E-state index contributed by atoms with van der Waals surface area (Å²) in [4.78, 5) is 0. The summed E-state index contributed by atoms with van der Waals surface area (Å²) in [7, 11) is -0.0954. The van der Waals surface area contributed by atoms with E-state index < -0.39 is 0 Å². The number of rotatable bonds is 4. The van der Waals surface area contributed by atoms with Crippen molar-refractivity contribution in [2.75, 3.05) is 4.57 Å². The highest BCUT2D eigenvalue weighted by molar-refractivity contribution is 6.39. The molecule has 0 saturated heterocycles. The number of hydrogen-bond acceptors (Lipinski definition) is 1. The summed E-state index contributed by atoms with van der Waals surface area (Å²) in [6.07, 6.45) is 1.23. The SMILES string of the molecule is CCC(C)N([SiH2]C)c1ccccc1. The summed E-state index contributed by atoms with van der Waals surface area (Å²) in [5.41, 5.74) is 1.39. The van der Waals surface area contributed by atoms with Gasteiger partial charge < -0.3 is 4.57 Å². The molecular formula is C11H19NSi. The first kappa shape index (κ1) is 10.3. The molecule has 0 spiro atoms. The Morgan fingerprint density at radius 1 is 1.31 bits per heavy atom. The maximum absolute atomic E-state index is 2.57. The first-order valence-corrected chi connectivity index (χ1v) is 7.16. The fourth-order valence-electron chi connectivity index (χ4n) is 1.59. The maximum atomic E-state index is 2.57. The molecule has 0 fully saturated rings. The van der Waals surface area contributed by atoms with Crippen molar-refractivity contribution < 1.29 is 0 Å². The minimum atomic E-state index is -0.0954. The van der Waals surface area contributed by atoms with Crippen LogP contribution in [0.1, 0.15) is 20.3 Å². The van der Waals surface area contributed by atoms with E-state index in [1.54, 1.807) is 0 Å². The molecule has 0 N–H and O–H groups in total. The van der Waals surface area contributed by atoms with Crippen LogP contribution in [-0.4, -0.2) is 15.7 Å². The lowest BCUT2D eigenvalue weighted by molar-refractivity contribution is 0.711. The summed E-state index contributed by atoms with van der Waals surface area (Å²) in [5.74, 6) is 0. The highest BCUT2D eigenvalue weighted by atomic mass is 28.2. The lowest BCUT2D eigenvalue weighted by Gasteiger charge is -2.29. The Bertz CT molecular complexity index is 235. The van der Waals surface area contributed by atoms with Crippen LogP contribution < -0.4 is 4.57 Å². The molecule has 1 atom stereocenters. The molecule has 1 nitrogen and oxygen atoms in total. The second kappa shape index (κ2) is 5.07. The molecule has 13 heavy (non-hydrogen) atoms. The fraction of sp³-hybridized carbons (Fsp3) is 0.455. The molecule has 0 radical (unpaired) electrons. The lowest BCUT2D eigenvalue weighted by atomic mass is 10.2. The molecule has 0 amide bonds. The van der Waals surface area contributed by atoms with Crippen molar-refractivity contribution in [1.82, 2.24) is 0 Å². The number of para-hydroxylation sites is 1. The van der Waals surface area contributed by atoms with Gasteiger partial charge in [0.05, 0.1) is 0 Å². The smallest absolute Gasteiger partial charge is 0.121 e. The van der Waals surface area contributed by atoms with Gasteiger partial charge in [0.15, 0.2) is 0 Å². The van der Waals surface area contributed by atoms with Crippen molar-refractivity contribution in [2.24, 2.45) is 0 Å². The van der Waals surface area contributed by atoms with Gasteiger partial charge >= 0.3 is 0 Å². The van der Waals surface area contributed by atoms with Gasteiger partial charge in [0.2, 0.25) is 0 Å². The van der Waals surface area contributed by atoms with Crippen LogP contribution in [0, 0.1) is 0 Å². The van der Waals surface area contributed by atoms with E-state index in [2.05, 4.69) is 55.3 Å². The predicted molar refractivity (Wildman–Crippen MR) is 63.1 cm³/mol. The predicted octanol–water partition coefficient (Wildman–Crippen LogP) is 2.42. The van der Waals surface area contributed by atoms with Gasteiger partial charge in [0.1, 0.15) is 9.68 Å². The third kappa shape index (κ3) is 2.59. The number of hydrogen-bond donors (Lipinski definition) is 0. The molecular weight excluding hydrogens is 174 g/mol. The molecule has 0 bridgehead atoms. The van der Waals surface area contributed by atoms with Crippen molar-refractivity contribution in [2.45, 2.75) is 32.9 Å². The number of benzene rings is 1. The minimum absolute atomic E-state index is 0.0954. The van der Waals surface area contributed by atoms with Crippen molar-refractivity contribution in [3.63, 3.8) is 0 Å². The average molecular weight is 193 g/mol. The van der Waals surface area contributed by atoms with Gasteiger partial charge in [-0.2, -0.15) is 0 Å². The first-order chi connectivity index (χ1) is 6.29. The molecule has 0 aromatic heterocycles. The monoisotopic (exact) mass is 193 g/mol. The van der Waals surface area contributed by atoms with Gasteiger partial charge in [-0.25, -0.2) is 0 Å². The Balaban J connectivity index is 2.78. The van der Waals surface area contributed by atoms with Gasteiger partial charge in [0.25, 0.3) is 0 Å². The highest BCUT2D eigenvalue weighted by Crippen LogP contribution is 2.16.